The molecule has 0 amide bonds. The maximum absolute atomic E-state index is 13.6. The smallest absolute Gasteiger partial charge is 0.161 e. The summed E-state index contributed by atoms with van der Waals surface area (Å²) >= 11 is 0. The Morgan fingerprint density at radius 1 is 0.839 bits per heavy atom. The van der Waals surface area contributed by atoms with E-state index in [-0.39, 0.29) is 18.7 Å². The highest BCUT2D eigenvalue weighted by Crippen LogP contribution is 2.27. The summed E-state index contributed by atoms with van der Waals surface area (Å²) in [5, 5.41) is 10.5. The molecule has 0 saturated heterocycles. The van der Waals surface area contributed by atoms with Gasteiger partial charge in [-0.05, 0) is 35.4 Å². The second-order valence-electron chi connectivity index (χ2n) is 7.12. The molecule has 8 heteroatoms. The largest absolute Gasteiger partial charge is 0.389 e. The number of rotatable bonds is 7. The number of aromatic nitrogens is 2. The van der Waals surface area contributed by atoms with Crippen molar-refractivity contribution in [2.75, 3.05) is 6.61 Å². The molecule has 1 N–H and O–H groups in total. The Morgan fingerprint density at radius 3 is 1.97 bits per heavy atom. The molecule has 0 fully saturated rings. The van der Waals surface area contributed by atoms with Crippen molar-refractivity contribution in [3.63, 3.8) is 0 Å². The molecule has 1 unspecified atom stereocenters. The first kappa shape index (κ1) is 21.0. The Kier molecular flexibility index (Phi) is 6.01. The number of imidazole rings is 1. The van der Waals surface area contributed by atoms with E-state index in [1.54, 1.807) is 24.3 Å². The van der Waals surface area contributed by atoms with Gasteiger partial charge < -0.3 is 14.4 Å². The quantitative estimate of drug-likeness (QED) is 0.430. The molecule has 1 heterocycles. The molecule has 31 heavy (non-hydrogen) atoms. The maximum atomic E-state index is 13.6. The summed E-state index contributed by atoms with van der Waals surface area (Å²) in [7, 11) is 0. The van der Waals surface area contributed by atoms with Crippen LogP contribution in [-0.4, -0.2) is 27.4 Å². The number of hydrogen-bond acceptors (Lipinski definition) is 3. The van der Waals surface area contributed by atoms with Crippen molar-refractivity contribution in [2.45, 2.75) is 18.8 Å². The highest BCUT2D eigenvalue weighted by atomic mass is 19.2. The molecule has 0 saturated carbocycles. The first-order chi connectivity index (χ1) is 14.9. The molecule has 0 spiro atoms. The Labute approximate surface area is 175 Å². The zero-order valence-electron chi connectivity index (χ0n) is 16.2. The van der Waals surface area contributed by atoms with Crippen LogP contribution in [0.15, 0.2) is 67.0 Å². The fourth-order valence-corrected chi connectivity index (χ4v) is 3.35. The summed E-state index contributed by atoms with van der Waals surface area (Å²) in [6, 6.07) is 13.4. The minimum atomic E-state index is -1.01. The number of ether oxygens (including phenoxy) is 1. The molecule has 0 aliphatic carbocycles. The predicted octanol–water partition coefficient (Wildman–Crippen LogP) is 4.76. The lowest BCUT2D eigenvalue weighted by atomic mass is 10.0. The summed E-state index contributed by atoms with van der Waals surface area (Å²) in [6.45, 7) is -0.0934. The van der Waals surface area contributed by atoms with Gasteiger partial charge in [0, 0.05) is 12.1 Å². The van der Waals surface area contributed by atoms with E-state index in [1.165, 1.54) is 35.2 Å². The summed E-state index contributed by atoms with van der Waals surface area (Å²) < 4.78 is 61.0. The topological polar surface area (TPSA) is 47.3 Å². The van der Waals surface area contributed by atoms with Crippen LogP contribution in [0, 0.1) is 23.3 Å². The van der Waals surface area contributed by atoms with Gasteiger partial charge in [-0.3, -0.25) is 0 Å². The van der Waals surface area contributed by atoms with Crippen molar-refractivity contribution in [3.8, 4) is 0 Å². The number of hydrogen-bond donors (Lipinski definition) is 1. The van der Waals surface area contributed by atoms with Gasteiger partial charge in [0.15, 0.2) is 11.6 Å². The van der Waals surface area contributed by atoms with Gasteiger partial charge in [0.25, 0.3) is 0 Å². The van der Waals surface area contributed by atoms with E-state index in [2.05, 4.69) is 4.98 Å². The van der Waals surface area contributed by atoms with Gasteiger partial charge in [0.2, 0.25) is 0 Å². The van der Waals surface area contributed by atoms with Crippen molar-refractivity contribution in [1.29, 1.82) is 0 Å². The molecule has 0 aliphatic rings. The third-order valence-electron chi connectivity index (χ3n) is 4.87. The molecular formula is C23H18F4N2O2. The molecule has 1 aromatic heterocycles. The second-order valence-corrected chi connectivity index (χ2v) is 7.12. The normalized spacial score (nSPS) is 12.6. The van der Waals surface area contributed by atoms with Gasteiger partial charge in [0.05, 0.1) is 36.6 Å². The fourth-order valence-electron chi connectivity index (χ4n) is 3.35. The molecule has 0 radical (unpaired) electrons. The summed E-state index contributed by atoms with van der Waals surface area (Å²) in [4.78, 5) is 4.01. The molecule has 3 aromatic carbocycles. The monoisotopic (exact) mass is 430 g/mol. The van der Waals surface area contributed by atoms with Crippen LogP contribution in [0.25, 0.3) is 11.0 Å². The van der Waals surface area contributed by atoms with Crippen LogP contribution >= 0.6 is 0 Å². The summed E-state index contributed by atoms with van der Waals surface area (Å²) in [6.07, 6.45) is -0.291. The van der Waals surface area contributed by atoms with E-state index in [4.69, 9.17) is 4.74 Å². The summed E-state index contributed by atoms with van der Waals surface area (Å²) in [5.74, 6) is -2.81. The van der Waals surface area contributed by atoms with Gasteiger partial charge >= 0.3 is 0 Å². The number of benzene rings is 3. The van der Waals surface area contributed by atoms with Crippen molar-refractivity contribution in [2.24, 2.45) is 0 Å². The molecule has 160 valence electrons. The zero-order valence-corrected chi connectivity index (χ0v) is 16.2. The van der Waals surface area contributed by atoms with Crippen molar-refractivity contribution in [3.05, 3.63) is 101 Å². The molecule has 4 aromatic rings. The second kappa shape index (κ2) is 8.87. The first-order valence-corrected chi connectivity index (χ1v) is 9.51. The third-order valence-corrected chi connectivity index (χ3v) is 4.87. The van der Waals surface area contributed by atoms with Crippen LogP contribution in [0.4, 0.5) is 17.6 Å². The predicted molar refractivity (Wildman–Crippen MR) is 106 cm³/mol. The minimum Gasteiger partial charge on any atom is -0.389 e. The Hall–Kier alpha value is -3.23. The zero-order chi connectivity index (χ0) is 22.0. The van der Waals surface area contributed by atoms with E-state index in [9.17, 15) is 22.7 Å². The lowest BCUT2D eigenvalue weighted by molar-refractivity contribution is -0.000203. The van der Waals surface area contributed by atoms with Crippen molar-refractivity contribution < 1.29 is 27.4 Å². The third kappa shape index (κ3) is 4.76. The lowest BCUT2D eigenvalue weighted by Gasteiger charge is -2.21. The number of nitrogens with zero attached hydrogens (tertiary/aromatic N) is 2. The van der Waals surface area contributed by atoms with E-state index in [1.807, 2.05) is 0 Å². The van der Waals surface area contributed by atoms with Crippen LogP contribution in [0.3, 0.4) is 0 Å². The standard InChI is InChI=1S/C23H18F4N2O2/c24-16-5-1-14(2-6-16)23(15-3-7-17(25)8-4-15)31-12-18(30)11-29-13-28-21-9-19(26)20(27)10-22(21)29/h1-10,13,18,23,30H,11-12H2. The van der Waals surface area contributed by atoms with Crippen LogP contribution in [0.5, 0.6) is 0 Å². The SMILES string of the molecule is OC(COC(c1ccc(F)cc1)c1ccc(F)cc1)Cn1cnc2cc(F)c(F)cc21. The maximum Gasteiger partial charge on any atom is 0.161 e. The summed E-state index contributed by atoms with van der Waals surface area (Å²) in [5.41, 5.74) is 1.87. The van der Waals surface area contributed by atoms with Crippen LogP contribution in [0.2, 0.25) is 0 Å². The molecule has 4 nitrogen and oxygen atoms in total. The number of aliphatic hydroxyl groups excluding tert-OH is 1. The highest BCUT2D eigenvalue weighted by Gasteiger charge is 2.18. The van der Waals surface area contributed by atoms with Crippen molar-refractivity contribution >= 4 is 11.0 Å². The minimum absolute atomic E-state index is 0.0289. The molecule has 0 aliphatic heterocycles. The highest BCUT2D eigenvalue weighted by molar-refractivity contribution is 5.75. The van der Waals surface area contributed by atoms with Crippen LogP contribution < -0.4 is 0 Å². The lowest BCUT2D eigenvalue weighted by Crippen LogP contribution is -2.23. The van der Waals surface area contributed by atoms with Gasteiger partial charge in [-0.2, -0.15) is 0 Å². The first-order valence-electron chi connectivity index (χ1n) is 9.51. The Bertz CT molecular complexity index is 1130. The van der Waals surface area contributed by atoms with Crippen LogP contribution in [-0.2, 0) is 11.3 Å². The van der Waals surface area contributed by atoms with Gasteiger partial charge in [-0.25, -0.2) is 22.5 Å². The van der Waals surface area contributed by atoms with Crippen LogP contribution in [0.1, 0.15) is 17.2 Å². The number of fused-ring (bicyclic) bond motifs is 1. The van der Waals surface area contributed by atoms with E-state index in [0.717, 1.165) is 12.1 Å². The molecular weight excluding hydrogens is 412 g/mol. The molecule has 4 rings (SSSR count). The van der Waals surface area contributed by atoms with Gasteiger partial charge in [-0.15, -0.1) is 0 Å². The van der Waals surface area contributed by atoms with E-state index < -0.39 is 35.5 Å². The Balaban J connectivity index is 1.51. The van der Waals surface area contributed by atoms with Crippen molar-refractivity contribution in [1.82, 2.24) is 9.55 Å². The number of halogens is 4. The molecule has 0 bridgehead atoms. The number of aliphatic hydroxyl groups is 1. The van der Waals surface area contributed by atoms with E-state index in [0.29, 0.717) is 16.6 Å². The average molecular weight is 430 g/mol. The van der Waals surface area contributed by atoms with Gasteiger partial charge in [-0.1, -0.05) is 24.3 Å². The van der Waals surface area contributed by atoms with Gasteiger partial charge in [0.1, 0.15) is 17.7 Å². The fraction of sp³-hybridized carbons (Fsp3) is 0.174. The Morgan fingerprint density at radius 2 is 1.39 bits per heavy atom. The molecule has 1 atom stereocenters. The average Bonchev–Trinajstić information content (AvgIpc) is 3.12. The van der Waals surface area contributed by atoms with E-state index >= 15 is 0 Å².